The molecule has 1 aromatic heterocycles. The summed E-state index contributed by atoms with van der Waals surface area (Å²) in [6, 6.07) is 16.3. The molecule has 0 radical (unpaired) electrons. The molecule has 3 fully saturated rings. The molecule has 38 heavy (non-hydrogen) atoms. The smallest absolute Gasteiger partial charge is 0.316 e. The van der Waals surface area contributed by atoms with Crippen LogP contribution in [0.1, 0.15) is 43.4 Å². The van der Waals surface area contributed by atoms with E-state index in [9.17, 15) is 13.2 Å². The fourth-order valence-electron chi connectivity index (χ4n) is 5.48. The van der Waals surface area contributed by atoms with Crippen molar-refractivity contribution in [1.82, 2.24) is 14.1 Å². The molecule has 2 aliphatic heterocycles. The molecular weight excluding hydrogens is 524 g/mol. The van der Waals surface area contributed by atoms with Crippen molar-refractivity contribution < 1.29 is 13.2 Å². The SMILES string of the molecule is CC1(COc2c(N3CCN4C(CCC(c5ccccc5)S4(=O)=O)C3)cnn(-c3cccc(Cl)c3)c2=O)CC1. The summed E-state index contributed by atoms with van der Waals surface area (Å²) in [6.45, 7) is 3.89. The lowest BCUT2D eigenvalue weighted by atomic mass is 10.0. The van der Waals surface area contributed by atoms with Gasteiger partial charge in [0, 0.05) is 36.1 Å². The first-order valence-electron chi connectivity index (χ1n) is 13.1. The third kappa shape index (κ3) is 4.72. The topological polar surface area (TPSA) is 84.7 Å². The van der Waals surface area contributed by atoms with Crippen LogP contribution in [0.3, 0.4) is 0 Å². The van der Waals surface area contributed by atoms with Crippen LogP contribution >= 0.6 is 11.6 Å². The lowest BCUT2D eigenvalue weighted by molar-refractivity contribution is 0.235. The van der Waals surface area contributed by atoms with Gasteiger partial charge in [0.15, 0.2) is 0 Å². The molecule has 1 aliphatic carbocycles. The van der Waals surface area contributed by atoms with Crippen LogP contribution in [-0.2, 0) is 10.0 Å². The summed E-state index contributed by atoms with van der Waals surface area (Å²) in [5.74, 6) is 0.252. The zero-order valence-electron chi connectivity index (χ0n) is 21.3. The van der Waals surface area contributed by atoms with Gasteiger partial charge in [-0.3, -0.25) is 4.79 Å². The Kier molecular flexibility index (Phi) is 6.48. The molecule has 0 N–H and O–H groups in total. The molecule has 10 heteroatoms. The maximum absolute atomic E-state index is 13.7. The van der Waals surface area contributed by atoms with Crippen molar-refractivity contribution >= 4 is 27.3 Å². The van der Waals surface area contributed by atoms with E-state index >= 15 is 0 Å². The molecule has 3 aromatic rings. The molecule has 2 unspecified atom stereocenters. The Hall–Kier alpha value is -2.88. The quantitative estimate of drug-likeness (QED) is 0.448. The van der Waals surface area contributed by atoms with Gasteiger partial charge in [-0.05, 0) is 49.4 Å². The van der Waals surface area contributed by atoms with E-state index in [1.54, 1.807) is 34.8 Å². The lowest BCUT2D eigenvalue weighted by Gasteiger charge is -2.46. The number of piperazine rings is 1. The first kappa shape index (κ1) is 25.4. The highest BCUT2D eigenvalue weighted by Gasteiger charge is 2.45. The van der Waals surface area contributed by atoms with Crippen LogP contribution in [-0.4, -0.2) is 54.8 Å². The summed E-state index contributed by atoms with van der Waals surface area (Å²) in [6.07, 6.45) is 5.11. The summed E-state index contributed by atoms with van der Waals surface area (Å²) >= 11 is 6.17. The van der Waals surface area contributed by atoms with Crippen molar-refractivity contribution in [2.75, 3.05) is 31.1 Å². The third-order valence-electron chi connectivity index (χ3n) is 8.03. The van der Waals surface area contributed by atoms with E-state index < -0.39 is 15.3 Å². The average molecular weight is 555 g/mol. The van der Waals surface area contributed by atoms with Gasteiger partial charge in [0.05, 0.1) is 18.5 Å². The number of aromatic nitrogens is 2. The molecule has 1 saturated carbocycles. The highest BCUT2D eigenvalue weighted by Crippen LogP contribution is 2.45. The van der Waals surface area contributed by atoms with Gasteiger partial charge in [-0.2, -0.15) is 14.1 Å². The Bertz CT molecular complexity index is 1510. The summed E-state index contributed by atoms with van der Waals surface area (Å²) < 4.78 is 36.3. The van der Waals surface area contributed by atoms with Crippen molar-refractivity contribution in [3.63, 3.8) is 0 Å². The van der Waals surface area contributed by atoms with E-state index in [0.29, 0.717) is 49.1 Å². The van der Waals surface area contributed by atoms with E-state index in [0.717, 1.165) is 24.8 Å². The average Bonchev–Trinajstić information content (AvgIpc) is 3.65. The third-order valence-corrected chi connectivity index (χ3v) is 10.6. The van der Waals surface area contributed by atoms with Crippen LogP contribution in [0.15, 0.2) is 65.6 Å². The van der Waals surface area contributed by atoms with Gasteiger partial charge in [-0.25, -0.2) is 8.42 Å². The maximum Gasteiger partial charge on any atom is 0.316 e. The van der Waals surface area contributed by atoms with Crippen LogP contribution in [0.25, 0.3) is 5.69 Å². The molecule has 3 aliphatic rings. The summed E-state index contributed by atoms with van der Waals surface area (Å²) in [5, 5.41) is 4.45. The number of ether oxygens (including phenoxy) is 1. The number of hydrogen-bond donors (Lipinski definition) is 0. The second kappa shape index (κ2) is 9.70. The minimum Gasteiger partial charge on any atom is -0.486 e. The van der Waals surface area contributed by atoms with Gasteiger partial charge in [0.2, 0.25) is 15.8 Å². The second-order valence-corrected chi connectivity index (χ2v) is 13.4. The largest absolute Gasteiger partial charge is 0.486 e. The minimum atomic E-state index is -3.49. The van der Waals surface area contributed by atoms with Crippen molar-refractivity contribution in [2.45, 2.75) is 43.9 Å². The fraction of sp³-hybridized carbons (Fsp3) is 0.429. The van der Waals surface area contributed by atoms with Gasteiger partial charge >= 0.3 is 5.56 Å². The predicted octanol–water partition coefficient (Wildman–Crippen LogP) is 4.42. The van der Waals surface area contributed by atoms with Gasteiger partial charge in [-0.1, -0.05) is 54.9 Å². The van der Waals surface area contributed by atoms with Gasteiger partial charge in [-0.15, -0.1) is 0 Å². The molecular formula is C28H31ClN4O4S. The van der Waals surface area contributed by atoms with Crippen molar-refractivity contribution in [2.24, 2.45) is 5.41 Å². The predicted molar refractivity (Wildman–Crippen MR) is 148 cm³/mol. The van der Waals surface area contributed by atoms with Crippen LogP contribution < -0.4 is 15.2 Å². The number of sulfonamides is 1. The second-order valence-electron chi connectivity index (χ2n) is 10.9. The number of benzene rings is 2. The molecule has 0 spiro atoms. The first-order chi connectivity index (χ1) is 18.2. The number of hydrogen-bond acceptors (Lipinski definition) is 6. The van der Waals surface area contributed by atoms with Crippen molar-refractivity contribution in [1.29, 1.82) is 0 Å². The van der Waals surface area contributed by atoms with E-state index in [4.69, 9.17) is 16.3 Å². The molecule has 3 heterocycles. The Morgan fingerprint density at radius 2 is 1.87 bits per heavy atom. The number of rotatable bonds is 6. The lowest BCUT2D eigenvalue weighted by Crippen LogP contribution is -2.58. The van der Waals surface area contributed by atoms with E-state index in [-0.39, 0.29) is 22.8 Å². The zero-order chi connectivity index (χ0) is 26.5. The first-order valence-corrected chi connectivity index (χ1v) is 14.9. The highest BCUT2D eigenvalue weighted by molar-refractivity contribution is 7.89. The minimum absolute atomic E-state index is 0.0798. The maximum atomic E-state index is 13.7. The molecule has 2 aromatic carbocycles. The van der Waals surface area contributed by atoms with Crippen LogP contribution in [0, 0.1) is 5.41 Å². The Balaban J connectivity index is 1.29. The summed E-state index contributed by atoms with van der Waals surface area (Å²) in [7, 11) is -3.49. The number of nitrogens with zero attached hydrogens (tertiary/aromatic N) is 4. The number of halogens is 1. The Morgan fingerprint density at radius 1 is 1.08 bits per heavy atom. The normalized spacial score (nSPS) is 24.0. The van der Waals surface area contributed by atoms with Crippen molar-refractivity contribution in [3.05, 3.63) is 81.7 Å². The van der Waals surface area contributed by atoms with Gasteiger partial charge < -0.3 is 9.64 Å². The molecule has 6 rings (SSSR count). The molecule has 0 bridgehead atoms. The van der Waals surface area contributed by atoms with Crippen LogP contribution in [0.5, 0.6) is 5.75 Å². The molecule has 2 atom stereocenters. The molecule has 200 valence electrons. The molecule has 8 nitrogen and oxygen atoms in total. The van der Waals surface area contributed by atoms with Crippen molar-refractivity contribution in [3.8, 4) is 11.4 Å². The van der Waals surface area contributed by atoms with Gasteiger partial charge in [0.25, 0.3) is 0 Å². The Labute approximate surface area is 227 Å². The van der Waals surface area contributed by atoms with Gasteiger partial charge in [0.1, 0.15) is 10.9 Å². The zero-order valence-corrected chi connectivity index (χ0v) is 22.9. The fourth-order valence-corrected chi connectivity index (χ4v) is 7.85. The number of fused-ring (bicyclic) bond motifs is 1. The molecule has 0 amide bonds. The highest BCUT2D eigenvalue weighted by atomic mass is 35.5. The Morgan fingerprint density at radius 3 is 2.61 bits per heavy atom. The van der Waals surface area contributed by atoms with E-state index in [1.807, 2.05) is 30.3 Å². The monoisotopic (exact) mass is 554 g/mol. The molecule has 2 saturated heterocycles. The van der Waals surface area contributed by atoms with Crippen LogP contribution in [0.4, 0.5) is 5.69 Å². The van der Waals surface area contributed by atoms with E-state index in [2.05, 4.69) is 16.9 Å². The van der Waals surface area contributed by atoms with Crippen LogP contribution in [0.2, 0.25) is 5.02 Å². The standard InChI is InChI=1S/C28H31ClN4O4S/c1-28(12-13-28)19-37-26-24(17-30-33(27(26)34)22-9-5-8-21(29)16-22)31-14-15-32-23(18-31)10-11-25(38(32,35)36)20-6-3-2-4-7-20/h2-9,16-17,23,25H,10-15,18-19H2,1H3. The summed E-state index contributed by atoms with van der Waals surface area (Å²) in [5.41, 5.74) is 1.74. The summed E-state index contributed by atoms with van der Waals surface area (Å²) in [4.78, 5) is 15.7. The van der Waals surface area contributed by atoms with E-state index in [1.165, 1.54) is 4.68 Å². The number of anilines is 1.